The van der Waals surface area contributed by atoms with E-state index in [1.165, 1.54) is 12.8 Å². The molecule has 128 valence electrons. The molecule has 24 heavy (non-hydrogen) atoms. The van der Waals surface area contributed by atoms with Crippen LogP contribution in [-0.2, 0) is 16.1 Å². The van der Waals surface area contributed by atoms with Crippen molar-refractivity contribution in [1.29, 1.82) is 0 Å². The Morgan fingerprint density at radius 1 is 1.12 bits per heavy atom. The van der Waals surface area contributed by atoms with E-state index in [0.717, 1.165) is 36.8 Å². The molecular weight excluding hydrogens is 304 g/mol. The minimum Gasteiger partial charge on any atom is -0.349 e. The molecule has 1 aromatic carbocycles. The lowest BCUT2D eigenvalue weighted by Crippen LogP contribution is -2.48. The van der Waals surface area contributed by atoms with Gasteiger partial charge in [0.25, 0.3) is 0 Å². The Bertz CT molecular complexity index is 667. The van der Waals surface area contributed by atoms with Gasteiger partial charge < -0.3 is 9.47 Å². The third kappa shape index (κ3) is 3.22. The van der Waals surface area contributed by atoms with Crippen LogP contribution in [0.15, 0.2) is 30.3 Å². The van der Waals surface area contributed by atoms with Gasteiger partial charge in [0.15, 0.2) is 12.1 Å². The highest BCUT2D eigenvalue weighted by atomic mass is 16.7. The van der Waals surface area contributed by atoms with E-state index in [4.69, 9.17) is 9.47 Å². The van der Waals surface area contributed by atoms with Crippen LogP contribution in [0.2, 0.25) is 0 Å². The molecule has 1 aromatic heterocycles. The fourth-order valence-corrected chi connectivity index (χ4v) is 3.63. The molecule has 0 saturated carbocycles. The Kier molecular flexibility index (Phi) is 4.60. The Morgan fingerprint density at radius 2 is 1.92 bits per heavy atom. The summed E-state index contributed by atoms with van der Waals surface area (Å²) in [6, 6.07) is 10.6. The lowest BCUT2D eigenvalue weighted by Gasteiger charge is -2.37. The van der Waals surface area contributed by atoms with E-state index in [1.807, 2.05) is 29.8 Å². The molecule has 0 aliphatic carbocycles. The van der Waals surface area contributed by atoms with Gasteiger partial charge >= 0.3 is 0 Å². The second-order valence-electron chi connectivity index (χ2n) is 6.48. The van der Waals surface area contributed by atoms with E-state index in [1.54, 1.807) is 0 Å². The van der Waals surface area contributed by atoms with Crippen molar-refractivity contribution in [3.8, 4) is 11.4 Å². The van der Waals surface area contributed by atoms with Crippen LogP contribution in [0.4, 0.5) is 0 Å². The van der Waals surface area contributed by atoms with Crippen LogP contribution in [0, 0.1) is 6.92 Å². The van der Waals surface area contributed by atoms with E-state index in [0.29, 0.717) is 19.3 Å². The van der Waals surface area contributed by atoms with E-state index in [2.05, 4.69) is 27.1 Å². The molecule has 0 bridgehead atoms. The molecule has 2 aliphatic heterocycles. The fraction of sp³-hybridized carbons (Fsp3) is 0.556. The average molecular weight is 328 g/mol. The van der Waals surface area contributed by atoms with Crippen molar-refractivity contribution in [1.82, 2.24) is 19.7 Å². The van der Waals surface area contributed by atoms with Crippen LogP contribution in [0.25, 0.3) is 11.4 Å². The molecule has 4 rings (SSSR count). The van der Waals surface area contributed by atoms with E-state index >= 15 is 0 Å². The first-order chi connectivity index (χ1) is 11.8. The first-order valence-corrected chi connectivity index (χ1v) is 8.75. The number of hydrogen-bond donors (Lipinski definition) is 0. The van der Waals surface area contributed by atoms with Gasteiger partial charge in [-0.2, -0.15) is 5.10 Å². The molecule has 2 fully saturated rings. The van der Waals surface area contributed by atoms with Gasteiger partial charge in [0, 0.05) is 12.1 Å². The highest BCUT2D eigenvalue weighted by Gasteiger charge is 2.34. The average Bonchev–Trinajstić information content (AvgIpc) is 3.26. The maximum atomic E-state index is 5.77. The van der Waals surface area contributed by atoms with Crippen molar-refractivity contribution in [2.75, 3.05) is 19.8 Å². The van der Waals surface area contributed by atoms with Gasteiger partial charge in [-0.15, -0.1) is 0 Å². The standard InChI is InChI=1S/C18H24N4O2/c1-14-19-17(15-7-3-2-4-8-15)22(20-14)13-21-10-6-5-9-16(21)18-23-11-12-24-18/h2-4,7-8,16,18H,5-6,9-13H2,1H3/t16-/m0/s1. The zero-order chi connectivity index (χ0) is 16.4. The molecule has 0 unspecified atom stereocenters. The SMILES string of the molecule is Cc1nc(-c2ccccc2)n(CN2CCCC[C@H]2C2OCCO2)n1. The van der Waals surface area contributed by atoms with Gasteiger partial charge in [-0.1, -0.05) is 36.8 Å². The summed E-state index contributed by atoms with van der Waals surface area (Å²) in [5.74, 6) is 1.72. The second kappa shape index (κ2) is 7.01. The molecule has 2 saturated heterocycles. The van der Waals surface area contributed by atoms with Crippen molar-refractivity contribution < 1.29 is 9.47 Å². The first-order valence-electron chi connectivity index (χ1n) is 8.75. The van der Waals surface area contributed by atoms with Gasteiger partial charge in [0.2, 0.25) is 0 Å². The number of benzene rings is 1. The quantitative estimate of drug-likeness (QED) is 0.863. The van der Waals surface area contributed by atoms with Gasteiger partial charge in [-0.25, -0.2) is 9.67 Å². The second-order valence-corrected chi connectivity index (χ2v) is 6.48. The lowest BCUT2D eigenvalue weighted by molar-refractivity contribution is -0.116. The Morgan fingerprint density at radius 3 is 2.71 bits per heavy atom. The zero-order valence-electron chi connectivity index (χ0n) is 14.1. The number of nitrogens with zero attached hydrogens (tertiary/aromatic N) is 4. The topological polar surface area (TPSA) is 52.4 Å². The van der Waals surface area contributed by atoms with E-state index < -0.39 is 0 Å². The van der Waals surface area contributed by atoms with E-state index in [9.17, 15) is 0 Å². The van der Waals surface area contributed by atoms with Crippen LogP contribution in [-0.4, -0.2) is 51.8 Å². The fourth-order valence-electron chi connectivity index (χ4n) is 3.63. The molecule has 2 aromatic rings. The van der Waals surface area contributed by atoms with Crippen molar-refractivity contribution in [3.63, 3.8) is 0 Å². The summed E-state index contributed by atoms with van der Waals surface area (Å²) in [6.07, 6.45) is 3.44. The minimum atomic E-state index is -0.102. The normalized spacial score (nSPS) is 23.0. The molecule has 6 nitrogen and oxygen atoms in total. The van der Waals surface area contributed by atoms with Gasteiger partial charge in [-0.3, -0.25) is 4.90 Å². The summed E-state index contributed by atoms with van der Waals surface area (Å²) in [6.45, 7) is 5.11. The Labute approximate surface area is 142 Å². The number of aromatic nitrogens is 3. The molecular formula is C18H24N4O2. The third-order valence-corrected chi connectivity index (χ3v) is 4.75. The summed E-state index contributed by atoms with van der Waals surface area (Å²) < 4.78 is 13.6. The number of piperidine rings is 1. The molecule has 6 heteroatoms. The number of rotatable bonds is 4. The maximum Gasteiger partial charge on any atom is 0.173 e. The van der Waals surface area contributed by atoms with Crippen molar-refractivity contribution >= 4 is 0 Å². The predicted octanol–water partition coefficient (Wildman–Crippen LogP) is 2.44. The van der Waals surface area contributed by atoms with Crippen LogP contribution in [0.5, 0.6) is 0 Å². The van der Waals surface area contributed by atoms with Crippen LogP contribution >= 0.6 is 0 Å². The molecule has 0 amide bonds. The van der Waals surface area contributed by atoms with Crippen LogP contribution in [0.3, 0.4) is 0 Å². The highest BCUT2D eigenvalue weighted by Crippen LogP contribution is 2.26. The molecule has 2 aliphatic rings. The Balaban J connectivity index is 1.57. The van der Waals surface area contributed by atoms with Crippen LogP contribution in [0.1, 0.15) is 25.1 Å². The summed E-state index contributed by atoms with van der Waals surface area (Å²) in [5.41, 5.74) is 1.10. The molecule has 0 N–H and O–H groups in total. The van der Waals surface area contributed by atoms with Crippen molar-refractivity contribution in [2.24, 2.45) is 0 Å². The summed E-state index contributed by atoms with van der Waals surface area (Å²) in [7, 11) is 0. The number of likely N-dealkylation sites (tertiary alicyclic amines) is 1. The monoisotopic (exact) mass is 328 g/mol. The summed E-state index contributed by atoms with van der Waals surface area (Å²) >= 11 is 0. The van der Waals surface area contributed by atoms with Gasteiger partial charge in [0.1, 0.15) is 5.82 Å². The smallest absolute Gasteiger partial charge is 0.173 e. The number of ether oxygens (including phenoxy) is 2. The molecule has 1 atom stereocenters. The maximum absolute atomic E-state index is 5.77. The first kappa shape index (κ1) is 15.7. The molecule has 3 heterocycles. The van der Waals surface area contributed by atoms with Crippen molar-refractivity contribution in [3.05, 3.63) is 36.2 Å². The van der Waals surface area contributed by atoms with Gasteiger partial charge in [-0.05, 0) is 19.8 Å². The van der Waals surface area contributed by atoms with Crippen LogP contribution < -0.4 is 0 Å². The molecule has 0 spiro atoms. The van der Waals surface area contributed by atoms with E-state index in [-0.39, 0.29) is 6.29 Å². The molecule has 0 radical (unpaired) electrons. The van der Waals surface area contributed by atoms with Crippen molar-refractivity contribution in [2.45, 2.75) is 45.2 Å². The lowest BCUT2D eigenvalue weighted by atomic mass is 10.0. The predicted molar refractivity (Wildman–Crippen MR) is 90.2 cm³/mol. The Hall–Kier alpha value is -1.76. The minimum absolute atomic E-state index is 0.102. The largest absolute Gasteiger partial charge is 0.349 e. The van der Waals surface area contributed by atoms with Gasteiger partial charge in [0.05, 0.1) is 25.9 Å². The summed E-state index contributed by atoms with van der Waals surface area (Å²) in [4.78, 5) is 7.06. The highest BCUT2D eigenvalue weighted by molar-refractivity contribution is 5.54. The number of hydrogen-bond acceptors (Lipinski definition) is 5. The summed E-state index contributed by atoms with van der Waals surface area (Å²) in [5, 5.41) is 4.62. The zero-order valence-corrected chi connectivity index (χ0v) is 14.1. The third-order valence-electron chi connectivity index (χ3n) is 4.75. The number of aryl methyl sites for hydroxylation is 1.